The van der Waals surface area contributed by atoms with Crippen LogP contribution in [0.25, 0.3) is 0 Å². The van der Waals surface area contributed by atoms with Crippen LogP contribution in [-0.2, 0) is 17.8 Å². The van der Waals surface area contributed by atoms with Gasteiger partial charge in [-0.3, -0.25) is 0 Å². The van der Waals surface area contributed by atoms with Crippen LogP contribution < -0.4 is 48.3 Å². The van der Waals surface area contributed by atoms with Gasteiger partial charge in [0.05, 0.1) is 19.6 Å². The molecule has 19 nitrogen and oxygen atoms in total. The standard InChI is InChI=1S/2C17H21ClN6.C9H12ClN5.C4H10O.C2H7N.2ClH/c2*1-4-9-19-15-22-16(20-10-5-2)24-17(23-15)21-11-13-7-6-8-14(18)12(13)3;1-3-5-11-8-13-7(10)14-9(15-8)12-6-4-2;1-3-5-4-2;1-2-3;;/h2*1,6-8H,5,9-11H2,2-3H3,(H3,19,20,21,22,23,24);1H,4-6H2,2H3,(H2,11,12,13,14,15);3-4H2,1-2H3;2-3H2,1H3;2*1H. The second kappa shape index (κ2) is 43.5. The van der Waals surface area contributed by atoms with Gasteiger partial charge in [-0.2, -0.15) is 44.9 Å². The Balaban J connectivity index is 0. The van der Waals surface area contributed by atoms with E-state index in [-0.39, 0.29) is 30.1 Å². The van der Waals surface area contributed by atoms with E-state index in [0.717, 1.165) is 91.0 Å². The Kier molecular flexibility index (Phi) is 41.1. The molecule has 0 bridgehead atoms. The molecule has 0 unspecified atom stereocenters. The van der Waals surface area contributed by atoms with Gasteiger partial charge in [-0.1, -0.05) is 92.9 Å². The first-order chi connectivity index (χ1) is 34.4. The Bertz CT molecular complexity index is 2270. The average molecular weight is 1110 g/mol. The molecule has 0 fully saturated rings. The van der Waals surface area contributed by atoms with E-state index in [1.165, 1.54) is 0 Å². The molecule has 0 aliphatic carbocycles. The van der Waals surface area contributed by atoms with Gasteiger partial charge in [-0.15, -0.1) is 44.1 Å². The van der Waals surface area contributed by atoms with Crippen LogP contribution in [0.15, 0.2) is 36.4 Å². The van der Waals surface area contributed by atoms with Crippen molar-refractivity contribution in [1.29, 1.82) is 0 Å². The monoisotopic (exact) mass is 1100 g/mol. The molecule has 2 aromatic carbocycles. The fourth-order valence-corrected chi connectivity index (χ4v) is 5.62. The Morgan fingerprint density at radius 3 is 1.01 bits per heavy atom. The van der Waals surface area contributed by atoms with Gasteiger partial charge in [-0.25, -0.2) is 0 Å². The van der Waals surface area contributed by atoms with Crippen molar-refractivity contribution in [2.45, 2.75) is 87.7 Å². The molecule has 0 radical (unpaired) electrons. The lowest BCUT2D eigenvalue weighted by Gasteiger charge is -2.11. The lowest BCUT2D eigenvalue weighted by molar-refractivity contribution is 0.162. The Morgan fingerprint density at radius 1 is 0.466 bits per heavy atom. The summed E-state index contributed by atoms with van der Waals surface area (Å²) < 4.78 is 4.83. The number of nitrogens with two attached hydrogens (primary N) is 1. The van der Waals surface area contributed by atoms with Crippen molar-refractivity contribution in [2.75, 3.05) is 102 Å². The summed E-state index contributed by atoms with van der Waals surface area (Å²) in [5.41, 5.74) is 9.10. The minimum atomic E-state index is 0. The second-order valence-electron chi connectivity index (χ2n) is 14.3. The van der Waals surface area contributed by atoms with Crippen molar-refractivity contribution >= 4 is 107 Å². The number of ether oxygens (including phenoxy) is 1. The van der Waals surface area contributed by atoms with Gasteiger partial charge in [0.15, 0.2) is 0 Å². The average Bonchev–Trinajstić information content (AvgIpc) is 3.36. The molecule has 5 aromatic rings. The predicted molar refractivity (Wildman–Crippen MR) is 311 cm³/mol. The molecular weight excluding hydrogens is 1030 g/mol. The van der Waals surface area contributed by atoms with Crippen molar-refractivity contribution in [1.82, 2.24) is 44.9 Å². The van der Waals surface area contributed by atoms with Crippen molar-refractivity contribution in [3.05, 3.63) is 74.0 Å². The normalized spacial score (nSPS) is 9.38. The summed E-state index contributed by atoms with van der Waals surface area (Å²) in [5, 5.41) is 26.1. The highest BCUT2D eigenvalue weighted by molar-refractivity contribution is 6.31. The lowest BCUT2D eigenvalue weighted by atomic mass is 10.1. The number of anilines is 8. The molecule has 5 rings (SSSR count). The van der Waals surface area contributed by atoms with Crippen LogP contribution in [0.2, 0.25) is 15.3 Å². The van der Waals surface area contributed by atoms with E-state index >= 15 is 0 Å². The molecule has 0 saturated heterocycles. The smallest absolute Gasteiger partial charge is 0.230 e. The van der Waals surface area contributed by atoms with Crippen molar-refractivity contribution in [3.63, 3.8) is 0 Å². The minimum Gasteiger partial charge on any atom is -0.382 e. The zero-order valence-corrected chi connectivity index (χ0v) is 47.0. The first-order valence-electron chi connectivity index (χ1n) is 23.3. The largest absolute Gasteiger partial charge is 0.382 e. The van der Waals surface area contributed by atoms with Crippen molar-refractivity contribution in [2.24, 2.45) is 5.73 Å². The molecule has 0 spiro atoms. The maximum atomic E-state index is 6.15. The van der Waals surface area contributed by atoms with Gasteiger partial charge < -0.3 is 53.0 Å². The molecule has 0 aliphatic heterocycles. The van der Waals surface area contributed by atoms with Crippen LogP contribution in [0, 0.1) is 50.9 Å². The quantitative estimate of drug-likeness (QED) is 0.0276. The number of rotatable bonds is 23. The number of hydrogen-bond donors (Lipinski definition) is 9. The molecule has 3 aromatic heterocycles. The van der Waals surface area contributed by atoms with Gasteiger partial charge in [0.1, 0.15) is 0 Å². The molecule has 400 valence electrons. The number of halogens is 5. The summed E-state index contributed by atoms with van der Waals surface area (Å²) in [6.45, 7) is 23.0. The maximum Gasteiger partial charge on any atom is 0.230 e. The third-order valence-electron chi connectivity index (χ3n) is 8.57. The molecular formula is C49H73Cl5N18O. The van der Waals surface area contributed by atoms with E-state index in [2.05, 4.69) is 119 Å². The maximum absolute atomic E-state index is 6.15. The van der Waals surface area contributed by atoms with Crippen LogP contribution in [0.3, 0.4) is 0 Å². The number of terminal acetylenes is 3. The summed E-state index contributed by atoms with van der Waals surface area (Å²) in [7, 11) is 0. The Labute approximate surface area is 460 Å². The van der Waals surface area contributed by atoms with E-state index in [1.807, 2.05) is 77.9 Å². The number of benzene rings is 2. The van der Waals surface area contributed by atoms with E-state index in [9.17, 15) is 0 Å². The second-order valence-corrected chi connectivity index (χ2v) is 15.4. The molecule has 3 heterocycles. The SMILES string of the molecule is C#CCNc1nc(Cl)nc(NCCC)n1.C#CCNc1nc(NCCC)nc(NCc2cccc(Cl)c2C)n1.C#CCNc1nc(NCCC)nc(NCc2cccc(Cl)c2C)n1.CCN.CCOCC.Cl.Cl. The van der Waals surface area contributed by atoms with E-state index < -0.39 is 0 Å². The molecule has 24 heteroatoms. The Morgan fingerprint density at radius 2 is 0.740 bits per heavy atom. The molecule has 0 amide bonds. The fourth-order valence-electron chi connectivity index (χ4n) is 5.08. The Hall–Kier alpha value is -6.08. The topological polar surface area (TPSA) is 248 Å². The first-order valence-corrected chi connectivity index (χ1v) is 24.4. The van der Waals surface area contributed by atoms with Gasteiger partial charge in [0.2, 0.25) is 52.9 Å². The van der Waals surface area contributed by atoms with Crippen LogP contribution in [0.1, 0.15) is 83.1 Å². The van der Waals surface area contributed by atoms with Gasteiger partial charge in [0.25, 0.3) is 0 Å². The van der Waals surface area contributed by atoms with Crippen LogP contribution in [-0.4, -0.2) is 104 Å². The van der Waals surface area contributed by atoms with Crippen LogP contribution in [0.5, 0.6) is 0 Å². The third-order valence-corrected chi connectivity index (χ3v) is 9.55. The molecule has 0 saturated carbocycles. The molecule has 0 atom stereocenters. The van der Waals surface area contributed by atoms with E-state index in [4.69, 9.17) is 64.5 Å². The summed E-state index contributed by atoms with van der Waals surface area (Å²) >= 11 is 18.0. The lowest BCUT2D eigenvalue weighted by Crippen LogP contribution is -2.13. The number of nitrogens with one attached hydrogen (secondary N) is 8. The molecule has 73 heavy (non-hydrogen) atoms. The fraction of sp³-hybridized carbons (Fsp3) is 0.449. The van der Waals surface area contributed by atoms with Gasteiger partial charge >= 0.3 is 0 Å². The minimum absolute atomic E-state index is 0. The van der Waals surface area contributed by atoms with Gasteiger partial charge in [0, 0.05) is 56.0 Å². The molecule has 10 N–H and O–H groups in total. The molecule has 0 aliphatic rings. The highest BCUT2D eigenvalue weighted by Crippen LogP contribution is 2.21. The van der Waals surface area contributed by atoms with Crippen molar-refractivity contribution < 1.29 is 4.74 Å². The summed E-state index contributed by atoms with van der Waals surface area (Å²) in [6, 6.07) is 11.6. The first kappa shape index (κ1) is 69.0. The summed E-state index contributed by atoms with van der Waals surface area (Å²) in [4.78, 5) is 37.9. The number of hydrogen-bond acceptors (Lipinski definition) is 19. The van der Waals surface area contributed by atoms with E-state index in [0.29, 0.717) is 80.3 Å². The summed E-state index contributed by atoms with van der Waals surface area (Å²) in [5.74, 6) is 11.1. The third kappa shape index (κ3) is 30.5. The zero-order chi connectivity index (χ0) is 52.7. The van der Waals surface area contributed by atoms with E-state index in [1.54, 1.807) is 0 Å². The van der Waals surface area contributed by atoms with Crippen molar-refractivity contribution in [3.8, 4) is 37.0 Å². The number of aromatic nitrogens is 9. The predicted octanol–water partition coefficient (Wildman–Crippen LogP) is 9.87. The number of nitrogens with zero attached hydrogens (tertiary/aromatic N) is 9. The van der Waals surface area contributed by atoms with Crippen LogP contribution in [0.4, 0.5) is 47.6 Å². The van der Waals surface area contributed by atoms with Crippen LogP contribution >= 0.6 is 59.6 Å². The zero-order valence-electron chi connectivity index (χ0n) is 43.1. The van der Waals surface area contributed by atoms with Gasteiger partial charge in [-0.05, 0) is 99.5 Å². The summed E-state index contributed by atoms with van der Waals surface area (Å²) in [6.07, 6.45) is 18.6. The highest BCUT2D eigenvalue weighted by Gasteiger charge is 2.10. The highest BCUT2D eigenvalue weighted by atomic mass is 35.5.